The monoisotopic (exact) mass is 626 g/mol. The minimum absolute atomic E-state index is 0.120. The van der Waals surface area contributed by atoms with E-state index in [2.05, 4.69) is 127 Å². The summed E-state index contributed by atoms with van der Waals surface area (Å²) in [4.78, 5) is 0. The van der Waals surface area contributed by atoms with Crippen LogP contribution in [-0.2, 0) is 38.2 Å². The summed E-state index contributed by atoms with van der Waals surface area (Å²) in [5.41, 5.74) is 10.8. The van der Waals surface area contributed by atoms with Gasteiger partial charge in [-0.15, -0.1) is 0 Å². The fourth-order valence-electron chi connectivity index (χ4n) is 5.71. The summed E-state index contributed by atoms with van der Waals surface area (Å²) in [5, 5.41) is 0. The number of rotatable bonds is 3. The Kier molecular flexibility index (Phi) is 6.37. The first-order valence-electron chi connectivity index (χ1n) is 13.0. The summed E-state index contributed by atoms with van der Waals surface area (Å²) >= 11 is -2.62. The van der Waals surface area contributed by atoms with Crippen molar-refractivity contribution in [1.82, 2.24) is 0 Å². The number of allylic oxidation sites excluding steroid dienone is 4. The summed E-state index contributed by atoms with van der Waals surface area (Å²) in [6.45, 7) is 16.6. The summed E-state index contributed by atoms with van der Waals surface area (Å²) in [5.74, 6) is 0. The van der Waals surface area contributed by atoms with Crippen molar-refractivity contribution < 1.29 is 21.0 Å². The van der Waals surface area contributed by atoms with E-state index in [1.54, 1.807) is 21.0 Å². The van der Waals surface area contributed by atoms with Crippen LogP contribution < -0.4 is 3.32 Å². The van der Waals surface area contributed by atoms with Crippen LogP contribution in [0.4, 0.5) is 0 Å². The summed E-state index contributed by atoms with van der Waals surface area (Å²) < 4.78 is 5.14. The Balaban J connectivity index is 1.80. The first kappa shape index (κ1) is 24.6. The molecule has 0 heterocycles. The molecule has 0 aliphatic heterocycles. The molecule has 0 amide bonds. The zero-order valence-electron chi connectivity index (χ0n) is 22.4. The van der Waals surface area contributed by atoms with E-state index < -0.39 is 21.0 Å². The van der Waals surface area contributed by atoms with Crippen molar-refractivity contribution >= 4 is 6.58 Å². The molecule has 2 aliphatic carbocycles. The van der Waals surface area contributed by atoms with Gasteiger partial charge in [0.05, 0.1) is 0 Å². The predicted octanol–water partition coefficient (Wildman–Crippen LogP) is 8.18. The van der Waals surface area contributed by atoms with Crippen molar-refractivity contribution in [3.8, 4) is 11.1 Å². The normalized spacial score (nSPS) is 15.6. The number of hydrogen-bond donors (Lipinski definition) is 0. The van der Waals surface area contributed by atoms with Gasteiger partial charge in [-0.1, -0.05) is 0 Å². The van der Waals surface area contributed by atoms with Crippen LogP contribution in [0.1, 0.15) is 82.7 Å². The molecule has 0 aromatic heterocycles. The Morgan fingerprint density at radius 3 is 2.14 bits per heavy atom. The third-order valence-corrected chi connectivity index (χ3v) is 18.9. The topological polar surface area (TPSA) is 0 Å². The molecule has 0 nitrogen and oxygen atoms in total. The van der Waals surface area contributed by atoms with Gasteiger partial charge in [0.2, 0.25) is 0 Å². The maximum absolute atomic E-state index is 2.62. The molecule has 0 saturated heterocycles. The van der Waals surface area contributed by atoms with Crippen LogP contribution in [0.25, 0.3) is 11.1 Å². The van der Waals surface area contributed by atoms with Gasteiger partial charge >= 0.3 is 221 Å². The Morgan fingerprint density at radius 2 is 1.51 bits per heavy atom. The molecule has 35 heavy (non-hydrogen) atoms. The van der Waals surface area contributed by atoms with Crippen LogP contribution in [0.15, 0.2) is 82.2 Å². The molecular formula is C34H38Hf. The number of fused-ring (bicyclic) bond motifs is 3. The average molecular weight is 625 g/mol. The van der Waals surface area contributed by atoms with Crippen LogP contribution in [0.3, 0.4) is 0 Å². The van der Waals surface area contributed by atoms with Crippen molar-refractivity contribution in [3.63, 3.8) is 0 Å². The molecule has 5 rings (SSSR count). The molecule has 3 aromatic rings. The van der Waals surface area contributed by atoms with Crippen molar-refractivity contribution in [1.29, 1.82) is 0 Å². The molecule has 0 unspecified atom stereocenters. The molecule has 0 atom stereocenters. The molecule has 178 valence electrons. The van der Waals surface area contributed by atoms with E-state index in [1.165, 1.54) is 27.8 Å². The Morgan fingerprint density at radius 1 is 0.800 bits per heavy atom. The third kappa shape index (κ3) is 4.57. The van der Waals surface area contributed by atoms with Crippen LogP contribution in [0.2, 0.25) is 0 Å². The van der Waals surface area contributed by atoms with E-state index in [0.29, 0.717) is 0 Å². The van der Waals surface area contributed by atoms with Gasteiger partial charge in [0.1, 0.15) is 0 Å². The SMILES string of the molecule is C/[C](c1ccccc1)=[Hf](\[C]1=CC=CC1)[c]1c(C(C)(C)C)ccc2c1Cc1cc(C(C)(C)C)ccc1-2. The van der Waals surface area contributed by atoms with E-state index in [0.717, 1.165) is 12.8 Å². The molecule has 0 N–H and O–H groups in total. The van der Waals surface area contributed by atoms with Gasteiger partial charge in [-0.3, -0.25) is 0 Å². The fourth-order valence-corrected chi connectivity index (χ4v) is 18.2. The molecule has 0 radical (unpaired) electrons. The van der Waals surface area contributed by atoms with Crippen molar-refractivity contribution in [3.05, 3.63) is 110 Å². The van der Waals surface area contributed by atoms with Gasteiger partial charge in [-0.25, -0.2) is 0 Å². The fraction of sp³-hybridized carbons (Fsp3) is 0.324. The molecule has 3 aromatic carbocycles. The molecular weight excluding hydrogens is 587 g/mol. The third-order valence-electron chi connectivity index (χ3n) is 7.67. The Labute approximate surface area is 219 Å². The maximum atomic E-state index is 2.49. The van der Waals surface area contributed by atoms with Crippen LogP contribution >= 0.6 is 0 Å². The second kappa shape index (κ2) is 9.07. The summed E-state index contributed by atoms with van der Waals surface area (Å²) in [6, 6.07) is 23.4. The van der Waals surface area contributed by atoms with E-state index in [9.17, 15) is 0 Å². The van der Waals surface area contributed by atoms with Gasteiger partial charge in [-0.05, 0) is 0 Å². The quantitative estimate of drug-likeness (QED) is 0.202. The average Bonchev–Trinajstić information content (AvgIpc) is 3.46. The van der Waals surface area contributed by atoms with Crippen molar-refractivity contribution in [2.24, 2.45) is 0 Å². The summed E-state index contributed by atoms with van der Waals surface area (Å²) in [6.07, 6.45) is 9.32. The van der Waals surface area contributed by atoms with E-state index in [1.807, 2.05) is 0 Å². The van der Waals surface area contributed by atoms with Crippen molar-refractivity contribution in [2.75, 3.05) is 0 Å². The van der Waals surface area contributed by atoms with Gasteiger partial charge in [0.25, 0.3) is 0 Å². The Bertz CT molecular complexity index is 1380. The summed E-state index contributed by atoms with van der Waals surface area (Å²) in [7, 11) is 0. The van der Waals surface area contributed by atoms with Crippen LogP contribution in [-0.4, -0.2) is 3.26 Å². The minimum atomic E-state index is -2.62. The number of hydrogen-bond acceptors (Lipinski definition) is 0. The molecule has 1 heteroatoms. The zero-order valence-corrected chi connectivity index (χ0v) is 26.0. The van der Waals surface area contributed by atoms with E-state index in [-0.39, 0.29) is 10.8 Å². The predicted molar refractivity (Wildman–Crippen MR) is 150 cm³/mol. The van der Waals surface area contributed by atoms with Crippen molar-refractivity contribution in [2.45, 2.75) is 72.1 Å². The molecule has 0 bridgehead atoms. The standard InChI is InChI=1S/C21H25.C8H8.C5H5.Hf/c1-20(2,3)16-7-9-18-14(12-16)11-15-13-17(21(4,5)6)8-10-19(15)18;1-2-8-6-4-3-5-7-8;1-2-4-5-3-1;/h7-10,12H,11H2,1-6H3;3-7H,1H3;1-3H,4H2;. The van der Waals surface area contributed by atoms with Crippen LogP contribution in [0.5, 0.6) is 0 Å². The molecule has 2 aliphatic rings. The zero-order chi connectivity index (χ0) is 25.0. The number of benzene rings is 3. The van der Waals surface area contributed by atoms with E-state index in [4.69, 9.17) is 0 Å². The molecule has 0 fully saturated rings. The van der Waals surface area contributed by atoms with Crippen LogP contribution in [0, 0.1) is 0 Å². The Hall–Kier alpha value is -2.12. The van der Waals surface area contributed by atoms with Gasteiger partial charge in [0.15, 0.2) is 0 Å². The first-order valence-corrected chi connectivity index (χ1v) is 18.4. The second-order valence-corrected chi connectivity index (χ2v) is 21.7. The van der Waals surface area contributed by atoms with Gasteiger partial charge in [-0.2, -0.15) is 0 Å². The second-order valence-electron chi connectivity index (χ2n) is 12.3. The molecule has 0 saturated carbocycles. The first-order chi connectivity index (χ1) is 16.6. The van der Waals surface area contributed by atoms with Gasteiger partial charge in [0, 0.05) is 0 Å². The van der Waals surface area contributed by atoms with E-state index >= 15 is 0 Å². The molecule has 0 spiro atoms. The van der Waals surface area contributed by atoms with Gasteiger partial charge < -0.3 is 0 Å².